The number of likely N-dealkylation sites (tertiary alicyclic amines) is 1. The number of H-pyrrole nitrogens is 1. The van der Waals surface area contributed by atoms with Crippen molar-refractivity contribution < 1.29 is 4.79 Å². The van der Waals surface area contributed by atoms with Gasteiger partial charge in [-0.1, -0.05) is 13.8 Å². The number of piperidine rings is 1. The van der Waals surface area contributed by atoms with Crippen LogP contribution in [-0.2, 0) is 0 Å². The molecule has 1 fully saturated rings. The Kier molecular flexibility index (Phi) is 6.87. The monoisotopic (exact) mass is 390 g/mol. The van der Waals surface area contributed by atoms with Crippen LogP contribution in [0.25, 0.3) is 11.3 Å². The van der Waals surface area contributed by atoms with Crippen molar-refractivity contribution in [1.82, 2.24) is 14.9 Å². The van der Waals surface area contributed by atoms with Gasteiger partial charge < -0.3 is 15.6 Å². The van der Waals surface area contributed by atoms with Gasteiger partial charge in [-0.25, -0.2) is 4.98 Å². The lowest BCUT2D eigenvalue weighted by molar-refractivity contribution is 0.0528. The second-order valence-corrected chi connectivity index (χ2v) is 7.73. The van der Waals surface area contributed by atoms with E-state index in [1.54, 1.807) is 11.3 Å². The summed E-state index contributed by atoms with van der Waals surface area (Å²) in [5, 5.41) is 3.03. The fourth-order valence-corrected chi connectivity index (χ4v) is 3.50. The summed E-state index contributed by atoms with van der Waals surface area (Å²) < 4.78 is 0. The number of aromatic nitrogens is 2. The fraction of sp³-hybridized carbons (Fsp3) is 0.500. The Hall–Kier alpha value is -1.08. The number of thiazole rings is 1. The number of aryl methyl sites for hydroxylation is 1. The van der Waals surface area contributed by atoms with E-state index in [0.717, 1.165) is 22.7 Å². The van der Waals surface area contributed by atoms with Crippen LogP contribution >= 0.6 is 36.2 Å². The maximum absolute atomic E-state index is 12.7. The second kappa shape index (κ2) is 7.87. The summed E-state index contributed by atoms with van der Waals surface area (Å²) in [6, 6.07) is 2.03. The third-order valence-corrected chi connectivity index (χ3v) is 5.20. The summed E-state index contributed by atoms with van der Waals surface area (Å²) in [5.74, 6) is 0.0400. The Morgan fingerprint density at radius 1 is 1.46 bits per heavy atom. The Balaban J connectivity index is 0.00000144. The summed E-state index contributed by atoms with van der Waals surface area (Å²) in [6.07, 6.45) is 2.69. The van der Waals surface area contributed by atoms with Gasteiger partial charge in [-0.05, 0) is 24.8 Å². The molecule has 3 heterocycles. The predicted molar refractivity (Wildman–Crippen MR) is 103 cm³/mol. The van der Waals surface area contributed by atoms with Crippen LogP contribution in [0.3, 0.4) is 0 Å². The minimum atomic E-state index is -0.0463. The van der Waals surface area contributed by atoms with E-state index in [4.69, 9.17) is 5.73 Å². The predicted octanol–water partition coefficient (Wildman–Crippen LogP) is 3.49. The van der Waals surface area contributed by atoms with E-state index in [9.17, 15) is 4.79 Å². The molecule has 0 bridgehead atoms. The van der Waals surface area contributed by atoms with Crippen LogP contribution in [0, 0.1) is 12.3 Å². The van der Waals surface area contributed by atoms with Crippen molar-refractivity contribution in [2.45, 2.75) is 33.2 Å². The number of nitrogens with zero attached hydrogens (tertiary/aromatic N) is 2. The van der Waals surface area contributed by atoms with E-state index >= 15 is 0 Å². The molecule has 134 valence electrons. The molecule has 1 atom stereocenters. The van der Waals surface area contributed by atoms with Gasteiger partial charge in [0.15, 0.2) is 0 Å². The largest absolute Gasteiger partial charge is 0.357 e. The molecule has 0 aliphatic carbocycles. The molecule has 0 aromatic carbocycles. The number of halogens is 2. The van der Waals surface area contributed by atoms with Gasteiger partial charge in [-0.3, -0.25) is 4.79 Å². The normalized spacial score (nSPS) is 19.3. The number of hydrogen-bond acceptors (Lipinski definition) is 4. The molecular weight excluding hydrogens is 367 g/mol. The van der Waals surface area contributed by atoms with Gasteiger partial charge in [-0.2, -0.15) is 0 Å². The minimum Gasteiger partial charge on any atom is -0.357 e. The van der Waals surface area contributed by atoms with Gasteiger partial charge in [0.1, 0.15) is 5.69 Å². The molecule has 3 rings (SSSR count). The first kappa shape index (κ1) is 21.0. The molecule has 0 spiro atoms. The lowest BCUT2D eigenvalue weighted by Crippen LogP contribution is -2.54. The highest BCUT2D eigenvalue weighted by Gasteiger charge is 2.35. The van der Waals surface area contributed by atoms with Crippen LogP contribution in [0.4, 0.5) is 0 Å². The van der Waals surface area contributed by atoms with Crippen molar-refractivity contribution in [3.63, 3.8) is 0 Å². The zero-order valence-corrected chi connectivity index (χ0v) is 16.5. The van der Waals surface area contributed by atoms with E-state index in [1.807, 2.05) is 29.5 Å². The smallest absolute Gasteiger partial charge is 0.270 e. The molecule has 1 aliphatic rings. The minimum absolute atomic E-state index is 0. The molecule has 5 nitrogen and oxygen atoms in total. The highest BCUT2D eigenvalue weighted by molar-refractivity contribution is 7.09. The molecule has 8 heteroatoms. The molecular formula is C16H24Cl2N4OS. The van der Waals surface area contributed by atoms with E-state index in [-0.39, 0.29) is 42.2 Å². The van der Waals surface area contributed by atoms with Crippen LogP contribution < -0.4 is 5.73 Å². The number of carbonyl (C=O) groups is 1. The fourth-order valence-electron chi connectivity index (χ4n) is 2.88. The van der Waals surface area contributed by atoms with Crippen molar-refractivity contribution in [2.75, 3.05) is 13.1 Å². The standard InChI is InChI=1S/C16H22N4OS.2ClH/c1-10-19-13(8-22-10)11-6-12(18-7-11)15(21)20-5-4-14(17)16(2,3)9-20;;/h6-8,14,18H,4-5,9,17H2,1-3H3;2*1H. The van der Waals surface area contributed by atoms with E-state index in [1.165, 1.54) is 0 Å². The number of rotatable bonds is 2. The van der Waals surface area contributed by atoms with Crippen LogP contribution in [0.5, 0.6) is 0 Å². The molecule has 1 aliphatic heterocycles. The maximum Gasteiger partial charge on any atom is 0.270 e. The summed E-state index contributed by atoms with van der Waals surface area (Å²) in [6.45, 7) is 7.63. The van der Waals surface area contributed by atoms with Gasteiger partial charge in [0, 0.05) is 36.3 Å². The summed E-state index contributed by atoms with van der Waals surface area (Å²) in [4.78, 5) is 22.1. The summed E-state index contributed by atoms with van der Waals surface area (Å²) in [7, 11) is 0. The molecule has 0 saturated carbocycles. The lowest BCUT2D eigenvalue weighted by Gasteiger charge is -2.42. The third-order valence-electron chi connectivity index (χ3n) is 4.43. The molecule has 24 heavy (non-hydrogen) atoms. The Morgan fingerprint density at radius 2 is 2.17 bits per heavy atom. The first-order chi connectivity index (χ1) is 10.4. The molecule has 1 amide bonds. The highest BCUT2D eigenvalue weighted by Crippen LogP contribution is 2.29. The third kappa shape index (κ3) is 4.11. The number of aromatic amines is 1. The van der Waals surface area contributed by atoms with Gasteiger partial charge in [-0.15, -0.1) is 36.2 Å². The molecule has 3 N–H and O–H groups in total. The van der Waals surface area contributed by atoms with Gasteiger partial charge in [0.05, 0.1) is 10.7 Å². The highest BCUT2D eigenvalue weighted by atomic mass is 35.5. The van der Waals surface area contributed by atoms with Crippen LogP contribution in [0.2, 0.25) is 0 Å². The van der Waals surface area contributed by atoms with Gasteiger partial charge in [0.25, 0.3) is 5.91 Å². The molecule has 0 radical (unpaired) electrons. The van der Waals surface area contributed by atoms with Crippen molar-refractivity contribution in [1.29, 1.82) is 0 Å². The summed E-state index contributed by atoms with van der Waals surface area (Å²) in [5.41, 5.74) is 8.59. The van der Waals surface area contributed by atoms with Crippen molar-refractivity contribution in [3.8, 4) is 11.3 Å². The van der Waals surface area contributed by atoms with Crippen molar-refractivity contribution in [2.24, 2.45) is 11.1 Å². The number of carbonyl (C=O) groups excluding carboxylic acids is 1. The first-order valence-electron chi connectivity index (χ1n) is 7.52. The molecule has 2 aromatic rings. The zero-order chi connectivity index (χ0) is 15.9. The average Bonchev–Trinajstić information content (AvgIpc) is 3.09. The van der Waals surface area contributed by atoms with E-state index < -0.39 is 0 Å². The Labute approximate surface area is 158 Å². The molecule has 2 aromatic heterocycles. The zero-order valence-electron chi connectivity index (χ0n) is 14.0. The topological polar surface area (TPSA) is 75.0 Å². The molecule has 1 unspecified atom stereocenters. The summed E-state index contributed by atoms with van der Waals surface area (Å²) >= 11 is 1.61. The lowest BCUT2D eigenvalue weighted by atomic mass is 9.79. The quantitative estimate of drug-likeness (QED) is 0.823. The number of hydrogen-bond donors (Lipinski definition) is 2. The van der Waals surface area contributed by atoms with Crippen molar-refractivity contribution >= 4 is 42.1 Å². The average molecular weight is 391 g/mol. The number of amides is 1. The maximum atomic E-state index is 12.7. The SMILES string of the molecule is Cc1nc(-c2c[nH]c(C(=O)N3CCC(N)C(C)(C)C3)c2)cs1.Cl.Cl. The van der Waals surface area contributed by atoms with Crippen LogP contribution in [0.1, 0.15) is 35.8 Å². The van der Waals surface area contributed by atoms with Gasteiger partial charge in [0.2, 0.25) is 0 Å². The van der Waals surface area contributed by atoms with E-state index in [0.29, 0.717) is 18.8 Å². The van der Waals surface area contributed by atoms with Crippen LogP contribution in [-0.4, -0.2) is 39.9 Å². The van der Waals surface area contributed by atoms with Crippen molar-refractivity contribution in [3.05, 3.63) is 28.3 Å². The Morgan fingerprint density at radius 3 is 2.75 bits per heavy atom. The van der Waals surface area contributed by atoms with E-state index in [2.05, 4.69) is 23.8 Å². The second-order valence-electron chi connectivity index (χ2n) is 6.66. The van der Waals surface area contributed by atoms with Gasteiger partial charge >= 0.3 is 0 Å². The van der Waals surface area contributed by atoms with Crippen LogP contribution in [0.15, 0.2) is 17.6 Å². The first-order valence-corrected chi connectivity index (χ1v) is 8.40. The number of nitrogens with two attached hydrogens (primary N) is 1. The Bertz CT molecular complexity index is 698. The number of nitrogens with one attached hydrogen (secondary N) is 1. The molecule has 1 saturated heterocycles.